The van der Waals surface area contributed by atoms with Crippen LogP contribution in [0.2, 0.25) is 0 Å². The lowest BCUT2D eigenvalue weighted by molar-refractivity contribution is 0.253. The highest BCUT2D eigenvalue weighted by Gasteiger charge is 2.20. The minimum Gasteiger partial charge on any atom is -0.352 e. The minimum atomic E-state index is 0.797. The van der Waals surface area contributed by atoms with Crippen LogP contribution in [0.25, 0.3) is 11.0 Å². The average Bonchev–Trinajstić information content (AvgIpc) is 2.90. The number of unbranched alkanes of at least 4 members (excludes halogenated alkanes) is 1. The van der Waals surface area contributed by atoms with Crippen molar-refractivity contribution in [2.45, 2.75) is 12.8 Å². The van der Waals surface area contributed by atoms with Gasteiger partial charge in [0.05, 0.1) is 11.8 Å². The molecule has 1 aliphatic rings. The fourth-order valence-electron chi connectivity index (χ4n) is 2.94. The molecule has 3 heterocycles. The summed E-state index contributed by atoms with van der Waals surface area (Å²) in [5.41, 5.74) is 7.71. The Balaban J connectivity index is 1.66. The Kier molecular flexibility index (Phi) is 4.36. The molecule has 0 saturated carbocycles. The van der Waals surface area contributed by atoms with Crippen molar-refractivity contribution in [3.05, 3.63) is 18.6 Å². The van der Waals surface area contributed by atoms with Gasteiger partial charge in [-0.2, -0.15) is 0 Å². The molecule has 0 aliphatic carbocycles. The molecule has 6 nitrogen and oxygen atoms in total. The third-order valence-electron chi connectivity index (χ3n) is 4.22. The van der Waals surface area contributed by atoms with Gasteiger partial charge in [-0.05, 0) is 32.0 Å². The zero-order chi connectivity index (χ0) is 14.7. The fraction of sp³-hybridized carbons (Fsp3) is 0.600. The van der Waals surface area contributed by atoms with Gasteiger partial charge >= 0.3 is 0 Å². The fourth-order valence-corrected chi connectivity index (χ4v) is 2.94. The van der Waals surface area contributed by atoms with Gasteiger partial charge in [-0.3, -0.25) is 4.90 Å². The molecule has 1 aliphatic heterocycles. The lowest BCUT2D eigenvalue weighted by atomic mass is 10.2. The average molecular weight is 288 g/mol. The number of nitrogens with two attached hydrogens (primary N) is 1. The number of piperazine rings is 1. The van der Waals surface area contributed by atoms with Crippen LogP contribution < -0.4 is 10.6 Å². The first kappa shape index (κ1) is 14.3. The Labute approximate surface area is 125 Å². The van der Waals surface area contributed by atoms with Gasteiger partial charge in [0.2, 0.25) is 0 Å². The zero-order valence-electron chi connectivity index (χ0n) is 12.7. The maximum Gasteiger partial charge on any atom is 0.156 e. The van der Waals surface area contributed by atoms with E-state index in [1.807, 2.05) is 30.2 Å². The molecule has 2 N–H and O–H groups in total. The van der Waals surface area contributed by atoms with E-state index in [1.54, 1.807) is 0 Å². The second-order valence-corrected chi connectivity index (χ2v) is 5.68. The maximum atomic E-state index is 5.55. The summed E-state index contributed by atoms with van der Waals surface area (Å²) in [4.78, 5) is 13.9. The second-order valence-electron chi connectivity index (χ2n) is 5.68. The number of nitrogens with zero attached hydrogens (tertiary/aromatic N) is 5. The number of imidazole rings is 1. The summed E-state index contributed by atoms with van der Waals surface area (Å²) in [6, 6.07) is 2.02. The first-order chi connectivity index (χ1) is 10.3. The molecule has 2 aromatic rings. The van der Waals surface area contributed by atoms with E-state index in [0.717, 1.165) is 62.5 Å². The van der Waals surface area contributed by atoms with E-state index in [1.165, 1.54) is 6.42 Å². The van der Waals surface area contributed by atoms with Gasteiger partial charge in [0, 0.05) is 39.4 Å². The normalized spacial score (nSPS) is 16.8. The van der Waals surface area contributed by atoms with Crippen molar-refractivity contribution < 1.29 is 0 Å². The van der Waals surface area contributed by atoms with Crippen LogP contribution in [0.1, 0.15) is 12.8 Å². The first-order valence-corrected chi connectivity index (χ1v) is 7.73. The molecule has 1 saturated heterocycles. The number of aromatic nitrogens is 3. The predicted octanol–water partition coefficient (Wildman–Crippen LogP) is 0.829. The van der Waals surface area contributed by atoms with Crippen molar-refractivity contribution in [2.75, 3.05) is 44.2 Å². The van der Waals surface area contributed by atoms with Crippen molar-refractivity contribution in [3.63, 3.8) is 0 Å². The number of fused-ring (bicyclic) bond motifs is 1. The predicted molar refractivity (Wildman–Crippen MR) is 85.5 cm³/mol. The van der Waals surface area contributed by atoms with Gasteiger partial charge in [-0.25, -0.2) is 9.97 Å². The lowest BCUT2D eigenvalue weighted by Crippen LogP contribution is -2.47. The summed E-state index contributed by atoms with van der Waals surface area (Å²) in [5, 5.41) is 0. The molecular weight excluding hydrogens is 264 g/mol. The smallest absolute Gasteiger partial charge is 0.156 e. The van der Waals surface area contributed by atoms with Gasteiger partial charge in [0.15, 0.2) is 5.82 Å². The van der Waals surface area contributed by atoms with Crippen LogP contribution in [-0.2, 0) is 7.05 Å². The molecule has 0 radical (unpaired) electrons. The quantitative estimate of drug-likeness (QED) is 0.826. The summed E-state index contributed by atoms with van der Waals surface area (Å²) in [6.07, 6.45) is 6.06. The molecule has 21 heavy (non-hydrogen) atoms. The lowest BCUT2D eigenvalue weighted by Gasteiger charge is -2.35. The molecule has 3 rings (SSSR count). The standard InChI is InChI=1S/C15H24N6/c1-19-12-18-14-13(19)4-6-17-15(14)21-10-8-20(9-11-21)7-3-2-5-16/h4,6,12H,2-3,5,7-11,16H2,1H3. The Hall–Kier alpha value is -1.66. The molecule has 114 valence electrons. The van der Waals surface area contributed by atoms with Crippen molar-refractivity contribution in [1.82, 2.24) is 19.4 Å². The van der Waals surface area contributed by atoms with Crippen LogP contribution >= 0.6 is 0 Å². The molecule has 0 unspecified atom stereocenters. The molecule has 2 aromatic heterocycles. The van der Waals surface area contributed by atoms with Crippen LogP contribution in [-0.4, -0.2) is 58.7 Å². The van der Waals surface area contributed by atoms with Crippen LogP contribution in [0.5, 0.6) is 0 Å². The largest absolute Gasteiger partial charge is 0.352 e. The molecular formula is C15H24N6. The number of hydrogen-bond donors (Lipinski definition) is 1. The second kappa shape index (κ2) is 6.41. The molecule has 0 aromatic carbocycles. The number of aryl methyl sites for hydroxylation is 1. The zero-order valence-corrected chi connectivity index (χ0v) is 12.7. The summed E-state index contributed by atoms with van der Waals surface area (Å²) < 4.78 is 2.05. The molecule has 0 amide bonds. The Morgan fingerprint density at radius 3 is 2.71 bits per heavy atom. The highest BCUT2D eigenvalue weighted by Crippen LogP contribution is 2.23. The van der Waals surface area contributed by atoms with Crippen LogP contribution in [0.15, 0.2) is 18.6 Å². The summed E-state index contributed by atoms with van der Waals surface area (Å²) in [7, 11) is 2.02. The third kappa shape index (κ3) is 3.01. The first-order valence-electron chi connectivity index (χ1n) is 7.73. The van der Waals surface area contributed by atoms with Crippen LogP contribution in [0, 0.1) is 0 Å². The monoisotopic (exact) mass is 288 g/mol. The molecule has 0 bridgehead atoms. The van der Waals surface area contributed by atoms with Gasteiger partial charge in [0.25, 0.3) is 0 Å². The Bertz CT molecular complexity index is 585. The topological polar surface area (TPSA) is 63.2 Å². The Morgan fingerprint density at radius 2 is 1.95 bits per heavy atom. The molecule has 1 fully saturated rings. The van der Waals surface area contributed by atoms with Crippen molar-refractivity contribution in [3.8, 4) is 0 Å². The van der Waals surface area contributed by atoms with Gasteiger partial charge in [-0.1, -0.05) is 0 Å². The van der Waals surface area contributed by atoms with E-state index in [0.29, 0.717) is 0 Å². The van der Waals surface area contributed by atoms with E-state index < -0.39 is 0 Å². The van der Waals surface area contributed by atoms with Crippen molar-refractivity contribution in [1.29, 1.82) is 0 Å². The molecule has 0 spiro atoms. The van der Waals surface area contributed by atoms with Crippen LogP contribution in [0.4, 0.5) is 5.82 Å². The highest BCUT2D eigenvalue weighted by atomic mass is 15.3. The SMILES string of the molecule is Cn1cnc2c(N3CCN(CCCCN)CC3)nccc21. The third-order valence-corrected chi connectivity index (χ3v) is 4.22. The number of anilines is 1. The molecule has 0 atom stereocenters. The highest BCUT2D eigenvalue weighted by molar-refractivity contribution is 5.86. The molecule has 6 heteroatoms. The number of pyridine rings is 1. The van der Waals surface area contributed by atoms with Gasteiger partial charge < -0.3 is 15.2 Å². The van der Waals surface area contributed by atoms with E-state index in [-0.39, 0.29) is 0 Å². The summed E-state index contributed by atoms with van der Waals surface area (Å²) in [6.45, 7) is 6.18. The van der Waals surface area contributed by atoms with E-state index in [2.05, 4.69) is 19.8 Å². The Morgan fingerprint density at radius 1 is 1.14 bits per heavy atom. The van der Waals surface area contributed by atoms with Gasteiger partial charge in [0.1, 0.15) is 5.52 Å². The maximum absolute atomic E-state index is 5.55. The van der Waals surface area contributed by atoms with Crippen LogP contribution in [0.3, 0.4) is 0 Å². The minimum absolute atomic E-state index is 0.797. The van der Waals surface area contributed by atoms with Crippen molar-refractivity contribution >= 4 is 16.9 Å². The van der Waals surface area contributed by atoms with E-state index >= 15 is 0 Å². The summed E-state index contributed by atoms with van der Waals surface area (Å²) in [5.74, 6) is 1.02. The van der Waals surface area contributed by atoms with Crippen molar-refractivity contribution in [2.24, 2.45) is 12.8 Å². The van der Waals surface area contributed by atoms with E-state index in [9.17, 15) is 0 Å². The summed E-state index contributed by atoms with van der Waals surface area (Å²) >= 11 is 0. The number of hydrogen-bond acceptors (Lipinski definition) is 5. The van der Waals surface area contributed by atoms with E-state index in [4.69, 9.17) is 5.73 Å². The van der Waals surface area contributed by atoms with Gasteiger partial charge in [-0.15, -0.1) is 0 Å². The number of rotatable bonds is 5.